The maximum Gasteiger partial charge on any atom is 0.523 e. The second-order valence-electron chi connectivity index (χ2n) is 5.43. The molecule has 1 aromatic carbocycles. The highest BCUT2D eigenvalue weighted by Gasteiger charge is 2.56. The summed E-state index contributed by atoms with van der Waals surface area (Å²) in [7, 11) is 0. The summed E-state index contributed by atoms with van der Waals surface area (Å²) in [5.74, 6) is -6.36. The van der Waals surface area contributed by atoms with Crippen LogP contribution in [-0.4, -0.2) is 49.6 Å². The van der Waals surface area contributed by atoms with Crippen LogP contribution in [0.25, 0.3) is 6.08 Å². The molecular weight excluding hydrogens is 333 g/mol. The lowest BCUT2D eigenvalue weighted by atomic mass is 9.86. The summed E-state index contributed by atoms with van der Waals surface area (Å²) in [5, 5.41) is 48.0. The van der Waals surface area contributed by atoms with Crippen LogP contribution in [0.5, 0.6) is 5.75 Å². The van der Waals surface area contributed by atoms with E-state index in [0.717, 1.165) is 0 Å². The van der Waals surface area contributed by atoms with Crippen molar-refractivity contribution in [3.05, 3.63) is 47.6 Å². The predicted molar refractivity (Wildman–Crippen MR) is 75.1 cm³/mol. The van der Waals surface area contributed by atoms with Crippen LogP contribution >= 0.6 is 0 Å². The third-order valence-electron chi connectivity index (χ3n) is 3.30. The molecule has 6 nitrogen and oxygen atoms in total. The number of aromatic hydroxyl groups is 1. The average molecular weight is 348 g/mol. The lowest BCUT2D eigenvalue weighted by Gasteiger charge is -2.41. The molecule has 5 N–H and O–H groups in total. The van der Waals surface area contributed by atoms with Crippen molar-refractivity contribution in [1.29, 1.82) is 0 Å². The number of benzene rings is 1. The first kappa shape index (κ1) is 18.4. The standard InChI is InChI=1S/C15H15F3O6/c16-15(17,18)24-12-13(20,21)7-10(8-14(12,22)23)2-1-9-3-5-11(19)6-4-9/h1-7,12,19-23H,8H2. The van der Waals surface area contributed by atoms with Gasteiger partial charge in [-0.2, -0.15) is 0 Å². The van der Waals surface area contributed by atoms with E-state index in [1.165, 1.54) is 36.4 Å². The highest BCUT2D eigenvalue weighted by atomic mass is 19.4. The number of ether oxygens (including phenoxy) is 1. The second-order valence-corrected chi connectivity index (χ2v) is 5.43. The molecule has 1 atom stereocenters. The molecule has 0 heterocycles. The van der Waals surface area contributed by atoms with Crippen LogP contribution in [0.15, 0.2) is 42.0 Å². The Bertz CT molecular complexity index is 646. The number of allylic oxidation sites excluding steroid dienone is 1. The van der Waals surface area contributed by atoms with E-state index in [1.807, 2.05) is 0 Å². The summed E-state index contributed by atoms with van der Waals surface area (Å²) in [6.45, 7) is 0. The fourth-order valence-corrected chi connectivity index (χ4v) is 2.34. The lowest BCUT2D eigenvalue weighted by molar-refractivity contribution is -0.421. The molecule has 0 saturated carbocycles. The molecule has 24 heavy (non-hydrogen) atoms. The molecule has 0 amide bonds. The van der Waals surface area contributed by atoms with Gasteiger partial charge in [-0.1, -0.05) is 24.3 Å². The average Bonchev–Trinajstić information content (AvgIpc) is 2.41. The Balaban J connectivity index is 2.25. The van der Waals surface area contributed by atoms with Crippen molar-refractivity contribution < 1.29 is 43.4 Å². The molecule has 0 aliphatic heterocycles. The van der Waals surface area contributed by atoms with Gasteiger partial charge in [0.1, 0.15) is 5.75 Å². The Labute approximate surface area is 134 Å². The monoisotopic (exact) mass is 348 g/mol. The van der Waals surface area contributed by atoms with Crippen LogP contribution in [0.3, 0.4) is 0 Å². The Morgan fingerprint density at radius 2 is 1.62 bits per heavy atom. The molecule has 9 heteroatoms. The van der Waals surface area contributed by atoms with Gasteiger partial charge in [-0.05, 0) is 29.3 Å². The van der Waals surface area contributed by atoms with E-state index in [9.17, 15) is 33.6 Å². The summed E-state index contributed by atoms with van der Waals surface area (Å²) in [4.78, 5) is 0. The Morgan fingerprint density at radius 3 is 2.12 bits per heavy atom. The van der Waals surface area contributed by atoms with E-state index >= 15 is 0 Å². The highest BCUT2D eigenvalue weighted by Crippen LogP contribution is 2.38. The number of phenols is 1. The van der Waals surface area contributed by atoms with E-state index in [4.69, 9.17) is 5.11 Å². The van der Waals surface area contributed by atoms with E-state index < -0.39 is 30.5 Å². The van der Waals surface area contributed by atoms with Crippen molar-refractivity contribution in [2.24, 2.45) is 0 Å². The van der Waals surface area contributed by atoms with E-state index in [-0.39, 0.29) is 11.3 Å². The van der Waals surface area contributed by atoms with Gasteiger partial charge in [-0.3, -0.25) is 4.74 Å². The zero-order valence-corrected chi connectivity index (χ0v) is 12.1. The van der Waals surface area contributed by atoms with Crippen molar-refractivity contribution in [3.8, 4) is 5.75 Å². The molecule has 0 spiro atoms. The summed E-state index contributed by atoms with van der Waals surface area (Å²) in [5.41, 5.74) is 0.561. The smallest absolute Gasteiger partial charge is 0.508 e. The molecule has 0 radical (unpaired) electrons. The Kier molecular flexibility index (Phi) is 4.75. The summed E-state index contributed by atoms with van der Waals surface area (Å²) < 4.78 is 40.3. The SMILES string of the molecule is Oc1ccc(C=CC2=CC(O)(O)C(OC(F)(F)F)C(O)(O)C2)cc1. The van der Waals surface area contributed by atoms with E-state index in [2.05, 4.69) is 4.74 Å². The topological polar surface area (TPSA) is 110 Å². The zero-order chi connectivity index (χ0) is 18.2. The number of alkyl halides is 3. The van der Waals surface area contributed by atoms with Gasteiger partial charge in [-0.25, -0.2) is 0 Å². The third-order valence-corrected chi connectivity index (χ3v) is 3.30. The van der Waals surface area contributed by atoms with Crippen molar-refractivity contribution in [2.75, 3.05) is 0 Å². The summed E-state index contributed by atoms with van der Waals surface area (Å²) in [6.07, 6.45) is -5.36. The first-order valence-electron chi connectivity index (χ1n) is 6.72. The Morgan fingerprint density at radius 1 is 1.04 bits per heavy atom. The van der Waals surface area contributed by atoms with Gasteiger partial charge in [0.05, 0.1) is 0 Å². The van der Waals surface area contributed by atoms with Crippen LogP contribution in [0.1, 0.15) is 12.0 Å². The van der Waals surface area contributed by atoms with Crippen molar-refractivity contribution in [3.63, 3.8) is 0 Å². The van der Waals surface area contributed by atoms with Crippen molar-refractivity contribution >= 4 is 6.08 Å². The highest BCUT2D eigenvalue weighted by molar-refractivity contribution is 5.54. The van der Waals surface area contributed by atoms with Crippen LogP contribution in [-0.2, 0) is 4.74 Å². The summed E-state index contributed by atoms with van der Waals surface area (Å²) >= 11 is 0. The first-order valence-corrected chi connectivity index (χ1v) is 6.72. The molecule has 0 bridgehead atoms. The number of hydrogen-bond acceptors (Lipinski definition) is 6. The fraction of sp³-hybridized carbons (Fsp3) is 0.333. The molecule has 0 aromatic heterocycles. The number of aliphatic hydroxyl groups is 4. The quantitative estimate of drug-likeness (QED) is 0.522. The minimum absolute atomic E-state index is 0.0277. The van der Waals surface area contributed by atoms with Crippen LogP contribution in [0.2, 0.25) is 0 Å². The molecule has 1 aliphatic carbocycles. The number of rotatable bonds is 3. The van der Waals surface area contributed by atoms with Crippen molar-refractivity contribution in [2.45, 2.75) is 30.5 Å². The molecule has 0 fully saturated rings. The Hall–Kier alpha value is -1.91. The summed E-state index contributed by atoms with van der Waals surface area (Å²) in [6, 6.07) is 5.85. The molecule has 2 rings (SSSR count). The number of halogens is 3. The lowest BCUT2D eigenvalue weighted by Crippen LogP contribution is -2.61. The molecule has 0 saturated heterocycles. The normalized spacial score (nSPS) is 23.3. The molecule has 1 aromatic rings. The van der Waals surface area contributed by atoms with Crippen LogP contribution in [0.4, 0.5) is 13.2 Å². The van der Waals surface area contributed by atoms with Gasteiger partial charge in [-0.15, -0.1) is 13.2 Å². The largest absolute Gasteiger partial charge is 0.523 e. The van der Waals surface area contributed by atoms with Gasteiger partial charge < -0.3 is 25.5 Å². The van der Waals surface area contributed by atoms with E-state index in [1.54, 1.807) is 0 Å². The van der Waals surface area contributed by atoms with Gasteiger partial charge in [0.2, 0.25) is 5.79 Å². The minimum atomic E-state index is -5.29. The van der Waals surface area contributed by atoms with Gasteiger partial charge in [0.25, 0.3) is 0 Å². The fourth-order valence-electron chi connectivity index (χ4n) is 2.34. The maximum absolute atomic E-state index is 12.3. The molecular formula is C15H15F3O6. The molecule has 132 valence electrons. The molecule has 1 unspecified atom stereocenters. The van der Waals surface area contributed by atoms with Gasteiger partial charge in [0.15, 0.2) is 11.9 Å². The third kappa shape index (κ3) is 4.56. The van der Waals surface area contributed by atoms with E-state index in [0.29, 0.717) is 11.6 Å². The molecule has 1 aliphatic rings. The van der Waals surface area contributed by atoms with Crippen molar-refractivity contribution in [1.82, 2.24) is 0 Å². The second kappa shape index (κ2) is 6.19. The first-order chi connectivity index (χ1) is 10.9. The van der Waals surface area contributed by atoms with Gasteiger partial charge in [0, 0.05) is 6.42 Å². The maximum atomic E-state index is 12.3. The predicted octanol–water partition coefficient (Wildman–Crippen LogP) is 1.00. The zero-order valence-electron chi connectivity index (χ0n) is 12.1. The van der Waals surface area contributed by atoms with Crippen LogP contribution < -0.4 is 0 Å². The van der Waals surface area contributed by atoms with Crippen LogP contribution in [0, 0.1) is 0 Å². The number of phenolic OH excluding ortho intramolecular Hbond substituents is 1. The van der Waals surface area contributed by atoms with Gasteiger partial charge >= 0.3 is 6.36 Å². The number of hydrogen-bond donors (Lipinski definition) is 5. The minimum Gasteiger partial charge on any atom is -0.508 e.